The maximum absolute atomic E-state index is 12.9. The van der Waals surface area contributed by atoms with E-state index in [-0.39, 0.29) is 37.5 Å². The summed E-state index contributed by atoms with van der Waals surface area (Å²) in [6, 6.07) is 0. The second-order valence-corrected chi connectivity index (χ2v) is 20.2. The topological polar surface area (TPSA) is 78.9 Å². The molecular weight excluding hydrogens is 973 g/mol. The first-order chi connectivity index (χ1) is 39.0. The van der Waals surface area contributed by atoms with Gasteiger partial charge in [-0.15, -0.1) is 0 Å². The first-order valence-corrected chi connectivity index (χ1v) is 31.6. The van der Waals surface area contributed by atoms with E-state index < -0.39 is 6.10 Å². The van der Waals surface area contributed by atoms with Gasteiger partial charge in [0.15, 0.2) is 6.10 Å². The zero-order valence-electron chi connectivity index (χ0n) is 50.6. The smallest absolute Gasteiger partial charge is 0.306 e. The average Bonchev–Trinajstić information content (AvgIpc) is 3.45. The summed E-state index contributed by atoms with van der Waals surface area (Å²) in [4.78, 5) is 38.3. The van der Waals surface area contributed by atoms with Crippen LogP contribution in [0.2, 0.25) is 0 Å². The van der Waals surface area contributed by atoms with Gasteiger partial charge in [0.05, 0.1) is 0 Å². The largest absolute Gasteiger partial charge is 0.462 e. The molecule has 0 N–H and O–H groups in total. The Morgan fingerprint density at radius 2 is 0.506 bits per heavy atom. The van der Waals surface area contributed by atoms with Crippen LogP contribution < -0.4 is 0 Å². The van der Waals surface area contributed by atoms with Crippen LogP contribution in [0.4, 0.5) is 0 Å². The summed E-state index contributed by atoms with van der Waals surface area (Å²) in [7, 11) is 0. The number of allylic oxidation sites excluding steroid dienone is 28. The third-order valence-corrected chi connectivity index (χ3v) is 12.7. The quantitative estimate of drug-likeness (QED) is 0.0261. The summed E-state index contributed by atoms with van der Waals surface area (Å²) in [6.45, 7) is 6.31. The van der Waals surface area contributed by atoms with E-state index in [0.29, 0.717) is 19.3 Å². The lowest BCUT2D eigenvalue weighted by Gasteiger charge is -2.18. The lowest BCUT2D eigenvalue weighted by molar-refractivity contribution is -0.167. The Labute approximate surface area is 485 Å². The minimum Gasteiger partial charge on any atom is -0.462 e. The Hall–Kier alpha value is -5.23. The van der Waals surface area contributed by atoms with E-state index in [1.165, 1.54) is 51.4 Å². The van der Waals surface area contributed by atoms with Crippen molar-refractivity contribution in [2.75, 3.05) is 13.2 Å². The van der Waals surface area contributed by atoms with Gasteiger partial charge in [0.2, 0.25) is 0 Å². The molecule has 0 rings (SSSR count). The molecule has 1 atom stereocenters. The van der Waals surface area contributed by atoms with E-state index in [4.69, 9.17) is 14.2 Å². The van der Waals surface area contributed by atoms with Crippen molar-refractivity contribution in [3.05, 3.63) is 170 Å². The van der Waals surface area contributed by atoms with E-state index >= 15 is 0 Å². The van der Waals surface area contributed by atoms with Crippen molar-refractivity contribution in [2.24, 2.45) is 0 Å². The first kappa shape index (κ1) is 73.8. The lowest BCUT2D eigenvalue weighted by atomic mass is 10.1. The molecule has 6 heteroatoms. The maximum atomic E-state index is 12.9. The van der Waals surface area contributed by atoms with Crippen LogP contribution >= 0.6 is 0 Å². The van der Waals surface area contributed by atoms with Gasteiger partial charge in [-0.05, 0) is 148 Å². The fourth-order valence-electron chi connectivity index (χ4n) is 8.02. The fraction of sp³-hybridized carbons (Fsp3) is 0.575. The third kappa shape index (κ3) is 63.5. The van der Waals surface area contributed by atoms with Crippen LogP contribution in [0.3, 0.4) is 0 Å². The van der Waals surface area contributed by atoms with Gasteiger partial charge in [-0.25, -0.2) is 0 Å². The minimum absolute atomic E-state index is 0.116. The predicted octanol–water partition coefficient (Wildman–Crippen LogP) is 21.9. The number of carbonyl (C=O) groups is 3. The molecule has 0 bridgehead atoms. The van der Waals surface area contributed by atoms with Crippen molar-refractivity contribution in [1.82, 2.24) is 0 Å². The number of ether oxygens (including phenoxy) is 3. The molecule has 442 valence electrons. The van der Waals surface area contributed by atoms with E-state index in [9.17, 15) is 14.4 Å². The highest BCUT2D eigenvalue weighted by Crippen LogP contribution is 2.13. The normalized spacial score (nSPS) is 13.3. The van der Waals surface area contributed by atoms with Crippen LogP contribution in [0, 0.1) is 0 Å². The standard InChI is InChI=1S/C73H114O6/c1-4-7-10-13-16-19-22-25-28-30-31-32-33-34-35-36-37-38-39-40-41-43-45-48-51-54-57-60-63-66-72(75)78-69-70(68-77-71(74)65-62-59-56-53-50-47-44-27-24-21-18-15-12-9-6-3)79-73(76)67-64-61-58-55-52-49-46-42-29-26-23-20-17-14-11-8-5-2/h7,9-10,12,16-21,25-29,31-32,34-35,37-38,40-41,44-45,48,54,57,70H,4-6,8,11,13-15,22-24,30,33,36,39,42-43,46-47,49-53,55-56,58-69H2,1-3H3/b10-7-,12-9-,19-16-,20-17-,21-18-,28-25-,29-26-,32-31-,35-34-,38-37-,41-40-,44-27-,48-45-,57-54-. The average molecular weight is 1090 g/mol. The van der Waals surface area contributed by atoms with Gasteiger partial charge >= 0.3 is 17.9 Å². The van der Waals surface area contributed by atoms with Gasteiger partial charge in [0, 0.05) is 19.3 Å². The molecular formula is C73H114O6. The van der Waals surface area contributed by atoms with Gasteiger partial charge in [-0.3, -0.25) is 14.4 Å². The molecule has 0 radical (unpaired) electrons. The van der Waals surface area contributed by atoms with Gasteiger partial charge in [-0.1, -0.05) is 255 Å². The van der Waals surface area contributed by atoms with Gasteiger partial charge in [0.1, 0.15) is 13.2 Å². The number of hydrogen-bond acceptors (Lipinski definition) is 6. The molecule has 0 saturated heterocycles. The highest BCUT2D eigenvalue weighted by molar-refractivity contribution is 5.71. The zero-order valence-corrected chi connectivity index (χ0v) is 50.6. The molecule has 0 aromatic carbocycles. The second kappa shape index (κ2) is 65.3. The molecule has 0 heterocycles. The number of esters is 3. The fourth-order valence-corrected chi connectivity index (χ4v) is 8.02. The Morgan fingerprint density at radius 1 is 0.266 bits per heavy atom. The van der Waals surface area contributed by atoms with Crippen molar-refractivity contribution < 1.29 is 28.6 Å². The van der Waals surface area contributed by atoms with Crippen molar-refractivity contribution in [3.63, 3.8) is 0 Å². The predicted molar refractivity (Wildman–Crippen MR) is 343 cm³/mol. The van der Waals surface area contributed by atoms with Crippen LogP contribution in [0.25, 0.3) is 0 Å². The highest BCUT2D eigenvalue weighted by atomic mass is 16.6. The van der Waals surface area contributed by atoms with Gasteiger partial charge in [-0.2, -0.15) is 0 Å². The lowest BCUT2D eigenvalue weighted by Crippen LogP contribution is -2.30. The SMILES string of the molecule is CC/C=C\C/C=C\C/C=C\C/C=C\C/C=C\C/C=C\C/C=C\C/C=C\C/C=C\CCCC(=O)OCC(COC(=O)CCCCCCC/C=C\C/C=C\C/C=C\CC)OC(=O)CCCCCCCCC/C=C\C/C=C\CCCCC. The minimum atomic E-state index is -0.823. The Bertz CT molecular complexity index is 1820. The van der Waals surface area contributed by atoms with Crippen LogP contribution in [0.15, 0.2) is 170 Å². The number of rotatable bonds is 55. The third-order valence-electron chi connectivity index (χ3n) is 12.7. The van der Waals surface area contributed by atoms with Crippen molar-refractivity contribution >= 4 is 17.9 Å². The molecule has 0 aromatic rings. The summed E-state index contributed by atoms with van der Waals surface area (Å²) >= 11 is 0. The van der Waals surface area contributed by atoms with E-state index in [1.807, 2.05) is 0 Å². The Balaban J connectivity index is 4.50. The van der Waals surface area contributed by atoms with Crippen molar-refractivity contribution in [3.8, 4) is 0 Å². The zero-order chi connectivity index (χ0) is 57.1. The van der Waals surface area contributed by atoms with Crippen LogP contribution in [0.1, 0.15) is 252 Å². The summed E-state index contributed by atoms with van der Waals surface area (Å²) < 4.78 is 16.8. The number of carbonyl (C=O) groups excluding carboxylic acids is 3. The van der Waals surface area contributed by atoms with Crippen LogP contribution in [-0.2, 0) is 28.6 Å². The van der Waals surface area contributed by atoms with Crippen LogP contribution in [0.5, 0.6) is 0 Å². The van der Waals surface area contributed by atoms with E-state index in [2.05, 4.69) is 191 Å². The molecule has 0 amide bonds. The summed E-state index contributed by atoms with van der Waals surface area (Å²) in [6.07, 6.45) is 96.4. The molecule has 0 saturated carbocycles. The van der Waals surface area contributed by atoms with Crippen LogP contribution in [-0.4, -0.2) is 37.2 Å². The van der Waals surface area contributed by atoms with Crippen molar-refractivity contribution in [2.45, 2.75) is 258 Å². The Morgan fingerprint density at radius 3 is 0.823 bits per heavy atom. The number of unbranched alkanes of at least 4 members (excludes halogenated alkanes) is 16. The first-order valence-electron chi connectivity index (χ1n) is 31.6. The highest BCUT2D eigenvalue weighted by Gasteiger charge is 2.19. The molecule has 0 fully saturated rings. The molecule has 0 aromatic heterocycles. The molecule has 0 aliphatic carbocycles. The molecule has 0 aliphatic heterocycles. The molecule has 6 nitrogen and oxygen atoms in total. The molecule has 79 heavy (non-hydrogen) atoms. The van der Waals surface area contributed by atoms with Crippen molar-refractivity contribution in [1.29, 1.82) is 0 Å². The summed E-state index contributed by atoms with van der Waals surface area (Å²) in [5.41, 5.74) is 0. The maximum Gasteiger partial charge on any atom is 0.306 e. The summed E-state index contributed by atoms with van der Waals surface area (Å²) in [5.74, 6) is -1.01. The summed E-state index contributed by atoms with van der Waals surface area (Å²) in [5, 5.41) is 0. The number of hydrogen-bond donors (Lipinski definition) is 0. The second-order valence-electron chi connectivity index (χ2n) is 20.2. The Kier molecular flexibility index (Phi) is 61.0. The monoisotopic (exact) mass is 1090 g/mol. The van der Waals surface area contributed by atoms with E-state index in [1.54, 1.807) is 0 Å². The van der Waals surface area contributed by atoms with E-state index in [0.717, 1.165) is 154 Å². The molecule has 0 aliphatic rings. The van der Waals surface area contributed by atoms with Gasteiger partial charge < -0.3 is 14.2 Å². The van der Waals surface area contributed by atoms with Gasteiger partial charge in [0.25, 0.3) is 0 Å². The molecule has 0 spiro atoms. The molecule has 1 unspecified atom stereocenters.